The van der Waals surface area contributed by atoms with E-state index < -0.39 is 7.26 Å². The van der Waals surface area contributed by atoms with Crippen LogP contribution in [0.3, 0.4) is 0 Å². The van der Waals surface area contributed by atoms with E-state index in [0.717, 1.165) is 50.2 Å². The molecule has 0 aliphatic heterocycles. The topological polar surface area (TPSA) is 41.1 Å². The number of nitrogens with one attached hydrogen (secondary N) is 2. The zero-order valence-electron chi connectivity index (χ0n) is 27.5. The largest absolute Gasteiger partial charge is 0.323 e. The van der Waals surface area contributed by atoms with Gasteiger partial charge in [-0.25, -0.2) is 4.79 Å². The molecule has 0 unspecified atom stereocenters. The number of anilines is 2. The second kappa shape index (κ2) is 13.8. The lowest BCUT2D eigenvalue weighted by molar-refractivity contribution is 0.262. The van der Waals surface area contributed by atoms with Crippen molar-refractivity contribution in [3.8, 4) is 11.1 Å². The first-order valence-corrected chi connectivity index (χ1v) is 18.9. The minimum absolute atomic E-state index is 0.286. The SMILES string of the molecule is O=C(Nc1ccccc1)Nc1ccc2ccccc2c1-c1c([P+](Cc2ccccc2)(c2ccccc2)c2ccccc2)ccc2ccccc12. The molecule has 0 saturated carbocycles. The van der Waals surface area contributed by atoms with Crippen LogP contribution in [0.4, 0.5) is 16.2 Å². The minimum Gasteiger partial charge on any atom is -0.308 e. The van der Waals surface area contributed by atoms with Gasteiger partial charge < -0.3 is 10.6 Å². The van der Waals surface area contributed by atoms with E-state index in [2.05, 4.69) is 174 Å². The number of carbonyl (C=O) groups excluding carboxylic acids is 1. The molecule has 0 radical (unpaired) electrons. The second-order valence-electron chi connectivity index (χ2n) is 12.5. The first-order valence-electron chi connectivity index (χ1n) is 16.9. The summed E-state index contributed by atoms with van der Waals surface area (Å²) in [5.41, 5.74) is 4.94. The van der Waals surface area contributed by atoms with Crippen LogP contribution in [0.25, 0.3) is 32.7 Å². The molecule has 2 amide bonds. The summed E-state index contributed by atoms with van der Waals surface area (Å²) in [4.78, 5) is 13.7. The highest BCUT2D eigenvalue weighted by Gasteiger charge is 2.48. The maximum absolute atomic E-state index is 13.7. The summed E-state index contributed by atoms with van der Waals surface area (Å²) >= 11 is 0. The molecule has 50 heavy (non-hydrogen) atoms. The third kappa shape index (κ3) is 5.94. The zero-order chi connectivity index (χ0) is 33.8. The van der Waals surface area contributed by atoms with Gasteiger partial charge in [-0.05, 0) is 75.6 Å². The van der Waals surface area contributed by atoms with E-state index in [1.807, 2.05) is 30.3 Å². The van der Waals surface area contributed by atoms with Crippen LogP contribution in [0.15, 0.2) is 194 Å². The number of hydrogen-bond acceptors (Lipinski definition) is 1. The lowest BCUT2D eigenvalue weighted by Crippen LogP contribution is -2.34. The van der Waals surface area contributed by atoms with Gasteiger partial charge in [-0.3, -0.25) is 0 Å². The van der Waals surface area contributed by atoms with Gasteiger partial charge in [0.15, 0.2) is 0 Å². The summed E-state index contributed by atoms with van der Waals surface area (Å²) in [7, 11) is -2.40. The van der Waals surface area contributed by atoms with Gasteiger partial charge in [0.2, 0.25) is 0 Å². The molecule has 8 aromatic carbocycles. The average Bonchev–Trinajstić information content (AvgIpc) is 3.18. The third-order valence-electron chi connectivity index (χ3n) is 9.43. The minimum atomic E-state index is -2.40. The fraction of sp³-hybridized carbons (Fsp3) is 0.0217. The number of benzene rings is 8. The van der Waals surface area contributed by atoms with E-state index in [0.29, 0.717) is 0 Å². The molecule has 0 aromatic heterocycles. The quantitative estimate of drug-likeness (QED) is 0.156. The van der Waals surface area contributed by atoms with Crippen molar-refractivity contribution in [3.63, 3.8) is 0 Å². The van der Waals surface area contributed by atoms with E-state index in [4.69, 9.17) is 0 Å². The molecule has 0 spiro atoms. The smallest absolute Gasteiger partial charge is 0.308 e. The van der Waals surface area contributed by atoms with Crippen molar-refractivity contribution >= 4 is 62.1 Å². The molecule has 0 aliphatic carbocycles. The Bertz CT molecular complexity index is 2370. The molecule has 2 N–H and O–H groups in total. The van der Waals surface area contributed by atoms with Crippen molar-refractivity contribution in [1.29, 1.82) is 0 Å². The van der Waals surface area contributed by atoms with Gasteiger partial charge >= 0.3 is 6.03 Å². The van der Waals surface area contributed by atoms with Gasteiger partial charge in [0.1, 0.15) is 23.2 Å². The van der Waals surface area contributed by atoms with Crippen LogP contribution >= 0.6 is 7.26 Å². The summed E-state index contributed by atoms with van der Waals surface area (Å²) in [6, 6.07) is 68.2. The Morgan fingerprint density at radius 2 is 0.920 bits per heavy atom. The molecular weight excluding hydrogens is 627 g/mol. The second-order valence-corrected chi connectivity index (χ2v) is 15.9. The number of carbonyl (C=O) groups is 1. The van der Waals surface area contributed by atoms with E-state index >= 15 is 0 Å². The van der Waals surface area contributed by atoms with Gasteiger partial charge in [0.25, 0.3) is 0 Å². The van der Waals surface area contributed by atoms with Crippen molar-refractivity contribution in [2.24, 2.45) is 0 Å². The van der Waals surface area contributed by atoms with Crippen LogP contribution in [0.1, 0.15) is 5.56 Å². The number of para-hydroxylation sites is 1. The van der Waals surface area contributed by atoms with E-state index in [9.17, 15) is 4.79 Å². The highest BCUT2D eigenvalue weighted by Crippen LogP contribution is 2.61. The molecule has 0 heterocycles. The predicted molar refractivity (Wildman–Crippen MR) is 215 cm³/mol. The van der Waals surface area contributed by atoms with Gasteiger partial charge in [0, 0.05) is 16.8 Å². The molecular formula is C46H36N2OP+. The van der Waals surface area contributed by atoms with E-state index in [1.165, 1.54) is 21.5 Å². The lowest BCUT2D eigenvalue weighted by atomic mass is 9.92. The Hall–Kier alpha value is -6.02. The predicted octanol–water partition coefficient (Wildman–Crippen LogP) is 10.8. The maximum Gasteiger partial charge on any atom is 0.323 e. The average molecular weight is 664 g/mol. The molecule has 0 saturated heterocycles. The number of urea groups is 1. The van der Waals surface area contributed by atoms with Crippen molar-refractivity contribution in [2.75, 3.05) is 10.6 Å². The molecule has 3 nitrogen and oxygen atoms in total. The number of fused-ring (bicyclic) bond motifs is 2. The van der Waals surface area contributed by atoms with Gasteiger partial charge in [0.05, 0.1) is 11.8 Å². The first-order chi connectivity index (χ1) is 24.7. The van der Waals surface area contributed by atoms with Crippen LogP contribution < -0.4 is 26.5 Å². The molecule has 0 bridgehead atoms. The third-order valence-corrected chi connectivity index (χ3v) is 13.8. The summed E-state index contributed by atoms with van der Waals surface area (Å²) in [6.45, 7) is 0. The number of hydrogen-bond donors (Lipinski definition) is 2. The highest BCUT2D eigenvalue weighted by atomic mass is 31.2. The molecule has 8 rings (SSSR count). The highest BCUT2D eigenvalue weighted by molar-refractivity contribution is 7.95. The normalized spacial score (nSPS) is 11.4. The Kier molecular flexibility index (Phi) is 8.65. The molecule has 0 fully saturated rings. The van der Waals surface area contributed by atoms with E-state index in [1.54, 1.807) is 0 Å². The lowest BCUT2D eigenvalue weighted by Gasteiger charge is -2.31. The van der Waals surface area contributed by atoms with Crippen LogP contribution in [0, 0.1) is 0 Å². The summed E-state index contributed by atoms with van der Waals surface area (Å²) < 4.78 is 0. The molecule has 4 heteroatoms. The summed E-state index contributed by atoms with van der Waals surface area (Å²) in [5.74, 6) is 0. The zero-order valence-corrected chi connectivity index (χ0v) is 28.4. The number of rotatable bonds is 8. The Morgan fingerprint density at radius 3 is 1.52 bits per heavy atom. The molecule has 8 aromatic rings. The van der Waals surface area contributed by atoms with Gasteiger partial charge in [-0.1, -0.05) is 146 Å². The van der Waals surface area contributed by atoms with Crippen molar-refractivity contribution < 1.29 is 4.79 Å². The Morgan fingerprint density at radius 1 is 0.440 bits per heavy atom. The fourth-order valence-electron chi connectivity index (χ4n) is 7.21. The first kappa shape index (κ1) is 31.3. The monoisotopic (exact) mass is 663 g/mol. The molecule has 0 atom stereocenters. The summed E-state index contributed by atoms with van der Waals surface area (Å²) in [6.07, 6.45) is 0.842. The van der Waals surface area contributed by atoms with E-state index in [-0.39, 0.29) is 6.03 Å². The van der Waals surface area contributed by atoms with Crippen molar-refractivity contribution in [1.82, 2.24) is 0 Å². The van der Waals surface area contributed by atoms with Crippen LogP contribution in [-0.2, 0) is 6.16 Å². The molecule has 0 aliphatic rings. The van der Waals surface area contributed by atoms with Gasteiger partial charge in [-0.2, -0.15) is 0 Å². The van der Waals surface area contributed by atoms with Gasteiger partial charge in [-0.15, -0.1) is 0 Å². The van der Waals surface area contributed by atoms with Crippen LogP contribution in [-0.4, -0.2) is 6.03 Å². The Balaban J connectivity index is 1.47. The van der Waals surface area contributed by atoms with Crippen molar-refractivity contribution in [2.45, 2.75) is 6.16 Å². The molecule has 240 valence electrons. The number of amides is 2. The Labute approximate surface area is 293 Å². The van der Waals surface area contributed by atoms with Crippen LogP contribution in [0.5, 0.6) is 0 Å². The fourth-order valence-corrected chi connectivity index (χ4v) is 11.7. The maximum atomic E-state index is 13.7. The summed E-state index contributed by atoms with van der Waals surface area (Å²) in [5, 5.41) is 14.7. The standard InChI is InChI=1S/C46H35N2OP/c49-46(47-37-21-7-2-8-22-37)48-42-31-29-35-19-13-15-27-40(35)44(42)45-41-28-16-14-20-36(41)30-32-43(45)50(38-23-9-3-10-24-38,39-25-11-4-12-26-39)33-34-17-5-1-6-18-34/h1-32H,33H2,(H-,47,48,49)/p+1. The van der Waals surface area contributed by atoms with Crippen molar-refractivity contribution in [3.05, 3.63) is 200 Å². The van der Waals surface area contributed by atoms with Crippen LogP contribution in [0.2, 0.25) is 0 Å².